The van der Waals surface area contributed by atoms with Crippen LogP contribution in [0.2, 0.25) is 0 Å². The lowest BCUT2D eigenvalue weighted by atomic mass is 10.0. The van der Waals surface area contributed by atoms with Crippen LogP contribution >= 0.6 is 23.1 Å². The number of carbonyl (C=O) groups is 5. The van der Waals surface area contributed by atoms with Gasteiger partial charge in [-0.1, -0.05) is 30.3 Å². The van der Waals surface area contributed by atoms with Gasteiger partial charge in [-0.2, -0.15) is 0 Å². The second-order valence-corrected chi connectivity index (χ2v) is 16.3. The molecule has 2 heterocycles. The number of thiophene rings is 1. The van der Waals surface area contributed by atoms with E-state index in [0.717, 1.165) is 10.4 Å². The highest BCUT2D eigenvalue weighted by Gasteiger charge is 2.33. The number of hydrogen-bond donors (Lipinski definition) is 3. The van der Waals surface area contributed by atoms with E-state index in [9.17, 15) is 24.0 Å². The van der Waals surface area contributed by atoms with Crippen LogP contribution in [0.1, 0.15) is 71.3 Å². The summed E-state index contributed by atoms with van der Waals surface area (Å²) in [6, 6.07) is 20.6. The van der Waals surface area contributed by atoms with Crippen LogP contribution in [0.4, 0.5) is 15.5 Å². The van der Waals surface area contributed by atoms with Gasteiger partial charge in [-0.05, 0) is 101 Å². The van der Waals surface area contributed by atoms with Gasteiger partial charge in [0.1, 0.15) is 16.3 Å². The highest BCUT2D eigenvalue weighted by atomic mass is 32.2. The molecule has 0 saturated heterocycles. The van der Waals surface area contributed by atoms with Gasteiger partial charge in [0.2, 0.25) is 5.91 Å². The summed E-state index contributed by atoms with van der Waals surface area (Å²) in [4.78, 5) is 69.6. The topological polar surface area (TPSA) is 162 Å². The Morgan fingerprint density at radius 1 is 0.930 bits per heavy atom. The summed E-state index contributed by atoms with van der Waals surface area (Å²) < 4.78 is 21.7. The monoisotopic (exact) mass is 814 g/mol. The van der Waals surface area contributed by atoms with Gasteiger partial charge in [0, 0.05) is 27.6 Å². The molecule has 1 unspecified atom stereocenters. The van der Waals surface area contributed by atoms with Crippen molar-refractivity contribution in [1.29, 1.82) is 0 Å². The molecule has 1 aliphatic rings. The third kappa shape index (κ3) is 11.2. The molecule has 300 valence electrons. The number of amides is 4. The van der Waals surface area contributed by atoms with E-state index in [2.05, 4.69) is 16.0 Å². The van der Waals surface area contributed by atoms with Crippen molar-refractivity contribution < 1.29 is 42.9 Å². The lowest BCUT2D eigenvalue weighted by molar-refractivity contribution is -0.115. The molecule has 13 nitrogen and oxygen atoms in total. The molecule has 57 heavy (non-hydrogen) atoms. The molecular formula is C42H46N4O9S2. The average Bonchev–Trinajstić information content (AvgIpc) is 3.54. The van der Waals surface area contributed by atoms with E-state index in [-0.39, 0.29) is 24.8 Å². The molecule has 15 heteroatoms. The first kappa shape index (κ1) is 42.3. The number of nitrogens with one attached hydrogen (secondary N) is 3. The number of benzene rings is 3. The maximum atomic E-state index is 13.8. The summed E-state index contributed by atoms with van der Waals surface area (Å²) >= 11 is 2.49. The minimum absolute atomic E-state index is 0.0212. The predicted octanol–water partition coefficient (Wildman–Crippen LogP) is 7.76. The lowest BCUT2D eigenvalue weighted by Gasteiger charge is -2.30. The molecule has 1 aromatic heterocycles. The molecule has 0 aliphatic carbocycles. The maximum Gasteiger partial charge on any atom is 0.410 e. The fourth-order valence-corrected chi connectivity index (χ4v) is 7.94. The van der Waals surface area contributed by atoms with Gasteiger partial charge in [0.15, 0.2) is 11.5 Å². The predicted molar refractivity (Wildman–Crippen MR) is 221 cm³/mol. The number of anilines is 2. The highest BCUT2D eigenvalue weighted by molar-refractivity contribution is 8.00. The van der Waals surface area contributed by atoms with Gasteiger partial charge in [-0.15, -0.1) is 23.1 Å². The van der Waals surface area contributed by atoms with Crippen LogP contribution in [-0.2, 0) is 32.0 Å². The highest BCUT2D eigenvalue weighted by Crippen LogP contribution is 2.39. The van der Waals surface area contributed by atoms with Gasteiger partial charge >= 0.3 is 12.1 Å². The first-order valence-corrected chi connectivity index (χ1v) is 19.9. The molecule has 0 radical (unpaired) electrons. The van der Waals surface area contributed by atoms with Crippen LogP contribution in [0.5, 0.6) is 11.5 Å². The smallest absolute Gasteiger partial charge is 0.410 e. The Morgan fingerprint density at radius 2 is 1.67 bits per heavy atom. The third-order valence-corrected chi connectivity index (χ3v) is 10.7. The summed E-state index contributed by atoms with van der Waals surface area (Å²) in [5.74, 6) is -0.999. The van der Waals surface area contributed by atoms with Crippen LogP contribution in [0.15, 0.2) is 83.4 Å². The van der Waals surface area contributed by atoms with Gasteiger partial charge < -0.3 is 39.8 Å². The van der Waals surface area contributed by atoms with Crippen molar-refractivity contribution in [3.05, 3.63) is 106 Å². The fourth-order valence-electron chi connectivity index (χ4n) is 5.76. The van der Waals surface area contributed by atoms with Crippen molar-refractivity contribution >= 4 is 69.6 Å². The van der Waals surface area contributed by atoms with Crippen molar-refractivity contribution in [2.75, 3.05) is 38.0 Å². The molecule has 5 rings (SSSR count). The van der Waals surface area contributed by atoms with Gasteiger partial charge in [0.05, 0.1) is 38.2 Å². The Bertz CT molecular complexity index is 2160. The summed E-state index contributed by atoms with van der Waals surface area (Å²) in [7, 11) is 3.02. The number of ether oxygens (including phenoxy) is 4. The Morgan fingerprint density at radius 3 is 2.35 bits per heavy atom. The lowest BCUT2D eigenvalue weighted by Crippen LogP contribution is -2.39. The number of nitrogens with zero attached hydrogens (tertiary/aromatic N) is 1. The first-order chi connectivity index (χ1) is 27.2. The van der Waals surface area contributed by atoms with Crippen molar-refractivity contribution in [2.45, 2.75) is 63.3 Å². The van der Waals surface area contributed by atoms with E-state index in [4.69, 9.17) is 18.9 Å². The number of methoxy groups -OCH3 is 2. The third-order valence-electron chi connectivity index (χ3n) is 8.45. The SMILES string of the molecule is CCOC(=O)c1c(NC(=O)C(C)Sc2cccc(NC(=O)/C(=C\c3ccc(OC)c(OC)c3)NC(=O)c3ccccc3)c2)sc2c1CCN(C(=O)OC(C)(C)C)C2. The number of carbonyl (C=O) groups excluding carboxylic acids is 5. The summed E-state index contributed by atoms with van der Waals surface area (Å²) in [5.41, 5.74) is 1.74. The maximum absolute atomic E-state index is 13.8. The van der Waals surface area contributed by atoms with E-state index in [1.807, 2.05) is 0 Å². The number of rotatable bonds is 13. The second kappa shape index (κ2) is 18.9. The molecular weight excluding hydrogens is 769 g/mol. The normalized spacial score (nSPS) is 13.1. The quantitative estimate of drug-likeness (QED) is 0.0691. The van der Waals surface area contributed by atoms with E-state index in [1.54, 1.807) is 112 Å². The average molecular weight is 815 g/mol. The molecule has 1 aliphatic heterocycles. The van der Waals surface area contributed by atoms with Crippen molar-refractivity contribution in [3.63, 3.8) is 0 Å². The Balaban J connectivity index is 1.31. The van der Waals surface area contributed by atoms with Crippen molar-refractivity contribution in [1.82, 2.24) is 10.2 Å². The van der Waals surface area contributed by atoms with Crippen molar-refractivity contribution in [2.24, 2.45) is 0 Å². The Kier molecular flexibility index (Phi) is 14.0. The number of thioether (sulfide) groups is 1. The van der Waals surface area contributed by atoms with Crippen LogP contribution in [-0.4, -0.2) is 72.9 Å². The van der Waals surface area contributed by atoms with Gasteiger partial charge in [-0.25, -0.2) is 9.59 Å². The van der Waals surface area contributed by atoms with E-state index < -0.39 is 34.7 Å². The van der Waals surface area contributed by atoms with E-state index in [1.165, 1.54) is 43.4 Å². The van der Waals surface area contributed by atoms with Crippen LogP contribution < -0.4 is 25.4 Å². The summed E-state index contributed by atoms with van der Waals surface area (Å²) in [5, 5.41) is 8.24. The first-order valence-electron chi connectivity index (χ1n) is 18.2. The summed E-state index contributed by atoms with van der Waals surface area (Å²) in [6.07, 6.45) is 1.49. The second-order valence-electron chi connectivity index (χ2n) is 13.8. The Hall–Kier alpha value is -5.80. The zero-order valence-corrected chi connectivity index (χ0v) is 34.5. The van der Waals surface area contributed by atoms with Crippen molar-refractivity contribution in [3.8, 4) is 11.5 Å². The van der Waals surface area contributed by atoms with Gasteiger partial charge in [0.25, 0.3) is 11.8 Å². The molecule has 0 fully saturated rings. The van der Waals surface area contributed by atoms with Crippen LogP contribution in [0, 0.1) is 0 Å². The minimum Gasteiger partial charge on any atom is -0.493 e. The number of esters is 1. The summed E-state index contributed by atoms with van der Waals surface area (Å²) in [6.45, 7) is 9.60. The minimum atomic E-state index is -0.659. The Labute approximate surface area is 340 Å². The molecule has 0 saturated carbocycles. The molecule has 3 aromatic carbocycles. The standard InChI is InChI=1S/C42H46N4O9S2/c1-8-54-40(50)35-30-19-20-46(41(51)55-42(3,4)5)24-34(30)57-39(35)45-36(47)25(2)56-29-16-12-15-28(23-29)43-38(49)31(44-37(48)27-13-10-9-11-14-27)21-26-17-18-32(52-6)33(22-26)53-7/h9-18,21-23,25H,8,19-20,24H2,1-7H3,(H,43,49)(H,44,48)(H,45,47)/b31-21+. The molecule has 4 amide bonds. The molecule has 4 aromatic rings. The van der Waals surface area contributed by atoms with Gasteiger partial charge in [-0.3, -0.25) is 14.4 Å². The zero-order valence-electron chi connectivity index (χ0n) is 32.8. The fraction of sp³-hybridized carbons (Fsp3) is 0.310. The molecule has 1 atom stereocenters. The van der Waals surface area contributed by atoms with Crippen LogP contribution in [0.3, 0.4) is 0 Å². The molecule has 3 N–H and O–H groups in total. The number of fused-ring (bicyclic) bond motifs is 1. The molecule has 0 bridgehead atoms. The largest absolute Gasteiger partial charge is 0.493 e. The number of hydrogen-bond acceptors (Lipinski definition) is 11. The van der Waals surface area contributed by atoms with E-state index >= 15 is 0 Å². The van der Waals surface area contributed by atoms with E-state index in [0.29, 0.717) is 56.7 Å². The van der Waals surface area contributed by atoms with Crippen LogP contribution in [0.25, 0.3) is 6.08 Å². The molecule has 0 spiro atoms. The zero-order chi connectivity index (χ0) is 41.3.